The molecule has 0 atom stereocenters. The fraction of sp³-hybridized carbons (Fsp3) is 0.625. The van der Waals surface area contributed by atoms with Crippen LogP contribution in [-0.2, 0) is 11.3 Å². The van der Waals surface area contributed by atoms with Crippen molar-refractivity contribution in [1.82, 2.24) is 5.32 Å². The minimum absolute atomic E-state index is 0.298. The largest absolute Gasteiger partial charge is 0.493 e. The smallest absolute Gasteiger partial charge is 0.189 e. The summed E-state index contributed by atoms with van der Waals surface area (Å²) in [6.07, 6.45) is 5.19. The average Bonchev–Trinajstić information content (AvgIpc) is 3.36. The topological polar surface area (TPSA) is 39.7 Å². The van der Waals surface area contributed by atoms with Crippen LogP contribution in [0.15, 0.2) is 18.2 Å². The number of methoxy groups -OCH3 is 1. The summed E-state index contributed by atoms with van der Waals surface area (Å²) in [5.41, 5.74) is 1.22. The van der Waals surface area contributed by atoms with Gasteiger partial charge in [0.15, 0.2) is 18.3 Å². The molecule has 0 saturated heterocycles. The first-order valence-corrected chi connectivity index (χ1v) is 7.46. The SMILES string of the molecule is COc1ccc(CNC2CC2)cc1OCOCC1CC1. The van der Waals surface area contributed by atoms with Gasteiger partial charge in [-0.05, 0) is 49.3 Å². The van der Waals surface area contributed by atoms with Crippen LogP contribution < -0.4 is 14.8 Å². The van der Waals surface area contributed by atoms with E-state index in [0.29, 0.717) is 12.8 Å². The summed E-state index contributed by atoms with van der Waals surface area (Å²) in [4.78, 5) is 0. The number of hydrogen-bond acceptors (Lipinski definition) is 4. The van der Waals surface area contributed by atoms with Crippen molar-refractivity contribution in [2.24, 2.45) is 5.92 Å². The van der Waals surface area contributed by atoms with E-state index in [1.54, 1.807) is 7.11 Å². The molecule has 0 bridgehead atoms. The Labute approximate surface area is 120 Å². The van der Waals surface area contributed by atoms with Gasteiger partial charge in [0.25, 0.3) is 0 Å². The van der Waals surface area contributed by atoms with Gasteiger partial charge in [-0.1, -0.05) is 6.07 Å². The number of hydrogen-bond donors (Lipinski definition) is 1. The molecule has 0 radical (unpaired) electrons. The predicted octanol–water partition coefficient (Wildman–Crippen LogP) is 2.71. The highest BCUT2D eigenvalue weighted by molar-refractivity contribution is 5.42. The number of nitrogens with one attached hydrogen (secondary N) is 1. The minimum Gasteiger partial charge on any atom is -0.493 e. The second kappa shape index (κ2) is 6.46. The monoisotopic (exact) mass is 277 g/mol. The van der Waals surface area contributed by atoms with Crippen LogP contribution in [0.5, 0.6) is 11.5 Å². The van der Waals surface area contributed by atoms with Crippen LogP contribution in [-0.4, -0.2) is 26.6 Å². The van der Waals surface area contributed by atoms with Gasteiger partial charge in [0.05, 0.1) is 13.7 Å². The zero-order valence-corrected chi connectivity index (χ0v) is 12.1. The molecular weight excluding hydrogens is 254 g/mol. The molecule has 1 N–H and O–H groups in total. The van der Waals surface area contributed by atoms with Crippen LogP contribution in [0.1, 0.15) is 31.2 Å². The molecule has 3 rings (SSSR count). The maximum absolute atomic E-state index is 5.69. The number of rotatable bonds is 9. The van der Waals surface area contributed by atoms with Crippen molar-refractivity contribution in [3.63, 3.8) is 0 Å². The minimum atomic E-state index is 0.298. The predicted molar refractivity (Wildman–Crippen MR) is 77.0 cm³/mol. The first-order valence-electron chi connectivity index (χ1n) is 7.46. The summed E-state index contributed by atoms with van der Waals surface area (Å²) in [5, 5.41) is 3.50. The molecule has 0 spiro atoms. The lowest BCUT2D eigenvalue weighted by atomic mass is 10.2. The third kappa shape index (κ3) is 4.12. The van der Waals surface area contributed by atoms with Crippen molar-refractivity contribution in [3.05, 3.63) is 23.8 Å². The Hall–Kier alpha value is -1.26. The van der Waals surface area contributed by atoms with Gasteiger partial charge < -0.3 is 19.5 Å². The summed E-state index contributed by atoms with van der Waals surface area (Å²) in [5.74, 6) is 2.28. The molecule has 2 aliphatic rings. The Bertz CT molecular complexity index is 441. The third-order valence-electron chi connectivity index (χ3n) is 3.75. The summed E-state index contributed by atoms with van der Waals surface area (Å²) < 4.78 is 16.5. The second-order valence-corrected chi connectivity index (χ2v) is 5.72. The van der Waals surface area contributed by atoms with E-state index in [0.717, 1.165) is 30.6 Å². The Morgan fingerprint density at radius 3 is 2.70 bits per heavy atom. The van der Waals surface area contributed by atoms with Crippen LogP contribution in [0, 0.1) is 5.92 Å². The normalized spacial score (nSPS) is 18.1. The van der Waals surface area contributed by atoms with Crippen LogP contribution in [0.2, 0.25) is 0 Å². The molecule has 2 saturated carbocycles. The molecule has 4 heteroatoms. The quantitative estimate of drug-likeness (QED) is 0.556. The van der Waals surface area contributed by atoms with Crippen molar-refractivity contribution in [2.45, 2.75) is 38.3 Å². The number of ether oxygens (including phenoxy) is 3. The maximum atomic E-state index is 5.69. The molecule has 0 aliphatic heterocycles. The van der Waals surface area contributed by atoms with E-state index < -0.39 is 0 Å². The highest BCUT2D eigenvalue weighted by Crippen LogP contribution is 2.30. The third-order valence-corrected chi connectivity index (χ3v) is 3.75. The van der Waals surface area contributed by atoms with Crippen LogP contribution in [0.3, 0.4) is 0 Å². The van der Waals surface area contributed by atoms with Gasteiger partial charge in [-0.15, -0.1) is 0 Å². The lowest BCUT2D eigenvalue weighted by molar-refractivity contribution is 0.00862. The zero-order chi connectivity index (χ0) is 13.8. The van der Waals surface area contributed by atoms with Crippen LogP contribution >= 0.6 is 0 Å². The summed E-state index contributed by atoms with van der Waals surface area (Å²) in [6.45, 7) is 1.99. The molecule has 0 unspecified atom stereocenters. The molecular formula is C16H23NO3. The van der Waals surface area contributed by atoms with Crippen molar-refractivity contribution >= 4 is 0 Å². The standard InChI is InChI=1S/C16H23NO3/c1-18-15-7-4-13(9-17-14-5-6-14)8-16(15)20-11-19-10-12-2-3-12/h4,7-8,12,14,17H,2-3,5-6,9-11H2,1H3. The molecule has 2 aliphatic carbocycles. The molecule has 0 amide bonds. The van der Waals surface area contributed by atoms with Gasteiger partial charge >= 0.3 is 0 Å². The fourth-order valence-electron chi connectivity index (χ4n) is 2.10. The molecule has 1 aromatic carbocycles. The van der Waals surface area contributed by atoms with E-state index in [2.05, 4.69) is 11.4 Å². The zero-order valence-electron chi connectivity index (χ0n) is 12.1. The average molecular weight is 277 g/mol. The molecule has 1 aromatic rings. The summed E-state index contributed by atoms with van der Waals surface area (Å²) in [7, 11) is 1.66. The van der Waals surface area contributed by atoms with E-state index in [9.17, 15) is 0 Å². The van der Waals surface area contributed by atoms with Crippen molar-refractivity contribution in [2.75, 3.05) is 20.5 Å². The molecule has 0 heterocycles. The van der Waals surface area contributed by atoms with Gasteiger partial charge in [-0.2, -0.15) is 0 Å². The summed E-state index contributed by atoms with van der Waals surface area (Å²) in [6, 6.07) is 6.78. The van der Waals surface area contributed by atoms with E-state index in [1.807, 2.05) is 12.1 Å². The molecule has 110 valence electrons. The lowest BCUT2D eigenvalue weighted by Crippen LogP contribution is -2.15. The van der Waals surface area contributed by atoms with E-state index in [1.165, 1.54) is 31.2 Å². The first-order chi connectivity index (χ1) is 9.85. The Balaban J connectivity index is 1.51. The first kappa shape index (κ1) is 13.7. The molecule has 0 aromatic heterocycles. The van der Waals surface area contributed by atoms with E-state index in [-0.39, 0.29) is 0 Å². The van der Waals surface area contributed by atoms with Gasteiger partial charge in [0.2, 0.25) is 0 Å². The van der Waals surface area contributed by atoms with E-state index in [4.69, 9.17) is 14.2 Å². The van der Waals surface area contributed by atoms with Gasteiger partial charge in [-0.25, -0.2) is 0 Å². The molecule has 20 heavy (non-hydrogen) atoms. The van der Waals surface area contributed by atoms with E-state index >= 15 is 0 Å². The Kier molecular flexibility index (Phi) is 4.43. The maximum Gasteiger partial charge on any atom is 0.189 e. The Morgan fingerprint density at radius 1 is 1.15 bits per heavy atom. The van der Waals surface area contributed by atoms with Gasteiger partial charge in [0, 0.05) is 12.6 Å². The van der Waals surface area contributed by atoms with Crippen molar-refractivity contribution < 1.29 is 14.2 Å². The summed E-state index contributed by atoms with van der Waals surface area (Å²) >= 11 is 0. The van der Waals surface area contributed by atoms with Crippen molar-refractivity contribution in [3.8, 4) is 11.5 Å². The van der Waals surface area contributed by atoms with Gasteiger partial charge in [0.1, 0.15) is 0 Å². The van der Waals surface area contributed by atoms with Crippen LogP contribution in [0.25, 0.3) is 0 Å². The Morgan fingerprint density at radius 2 is 2.00 bits per heavy atom. The lowest BCUT2D eigenvalue weighted by Gasteiger charge is -2.13. The van der Waals surface area contributed by atoms with Crippen LogP contribution in [0.4, 0.5) is 0 Å². The fourth-order valence-corrected chi connectivity index (χ4v) is 2.10. The number of benzene rings is 1. The molecule has 2 fully saturated rings. The van der Waals surface area contributed by atoms with Crippen molar-refractivity contribution in [1.29, 1.82) is 0 Å². The van der Waals surface area contributed by atoms with Gasteiger partial charge in [-0.3, -0.25) is 0 Å². The highest BCUT2D eigenvalue weighted by Gasteiger charge is 2.21. The second-order valence-electron chi connectivity index (χ2n) is 5.72. The molecule has 4 nitrogen and oxygen atoms in total. The highest BCUT2D eigenvalue weighted by atomic mass is 16.7.